The average Bonchev–Trinajstić information content (AvgIpc) is 2.85. The minimum absolute atomic E-state index is 0.129. The zero-order valence-corrected chi connectivity index (χ0v) is 11.1. The van der Waals surface area contributed by atoms with Crippen LogP contribution < -0.4 is 16.0 Å². The number of aryl methyl sites for hydroxylation is 2. The molecular weight excluding hydrogens is 242 g/mol. The van der Waals surface area contributed by atoms with Crippen LogP contribution in [0.4, 0.5) is 5.69 Å². The highest BCUT2D eigenvalue weighted by atomic mass is 16.2. The van der Waals surface area contributed by atoms with Gasteiger partial charge < -0.3 is 10.6 Å². The number of fused-ring (bicyclic) bond motifs is 1. The first-order valence-corrected chi connectivity index (χ1v) is 6.52. The number of anilines is 1. The summed E-state index contributed by atoms with van der Waals surface area (Å²) >= 11 is 0. The summed E-state index contributed by atoms with van der Waals surface area (Å²) in [4.78, 5) is 22.7. The van der Waals surface area contributed by atoms with Crippen LogP contribution in [0.25, 0.3) is 0 Å². The van der Waals surface area contributed by atoms with Crippen molar-refractivity contribution in [3.05, 3.63) is 29.3 Å². The summed E-state index contributed by atoms with van der Waals surface area (Å²) in [5, 5.41) is 8.10. The van der Waals surface area contributed by atoms with Crippen LogP contribution in [-0.2, 0) is 22.4 Å². The smallest absolute Gasteiger partial charge is 0.238 e. The van der Waals surface area contributed by atoms with E-state index in [4.69, 9.17) is 0 Å². The van der Waals surface area contributed by atoms with Gasteiger partial charge in [-0.15, -0.1) is 0 Å². The summed E-state index contributed by atoms with van der Waals surface area (Å²) < 4.78 is 0. The molecule has 0 saturated heterocycles. The second-order valence-corrected chi connectivity index (χ2v) is 4.66. The van der Waals surface area contributed by atoms with E-state index in [0.717, 1.165) is 18.5 Å². The Hall–Kier alpha value is -1.88. The number of carbonyl (C=O) groups is 2. The lowest BCUT2D eigenvalue weighted by Gasteiger charge is -2.08. The van der Waals surface area contributed by atoms with E-state index in [9.17, 15) is 9.59 Å². The minimum atomic E-state index is -0.137. The van der Waals surface area contributed by atoms with Crippen LogP contribution >= 0.6 is 0 Å². The van der Waals surface area contributed by atoms with E-state index < -0.39 is 0 Å². The largest absolute Gasteiger partial charge is 0.358 e. The number of hydrogen-bond donors (Lipinski definition) is 3. The molecule has 0 bridgehead atoms. The molecule has 0 atom stereocenters. The first-order valence-electron chi connectivity index (χ1n) is 6.52. The first-order chi connectivity index (χ1) is 9.19. The normalized spacial score (nSPS) is 12.9. The molecule has 0 radical (unpaired) electrons. The number of hydrogen-bond acceptors (Lipinski definition) is 3. The number of rotatable bonds is 5. The van der Waals surface area contributed by atoms with E-state index in [2.05, 4.69) is 22.0 Å². The highest BCUT2D eigenvalue weighted by molar-refractivity contribution is 5.92. The molecule has 2 rings (SSSR count). The molecule has 102 valence electrons. The third kappa shape index (κ3) is 3.79. The molecule has 5 nitrogen and oxygen atoms in total. The topological polar surface area (TPSA) is 70.2 Å². The Morgan fingerprint density at radius 1 is 1.11 bits per heavy atom. The van der Waals surface area contributed by atoms with E-state index in [0.29, 0.717) is 0 Å². The fourth-order valence-corrected chi connectivity index (χ4v) is 2.23. The van der Waals surface area contributed by atoms with Crippen molar-refractivity contribution in [1.82, 2.24) is 10.6 Å². The maximum absolute atomic E-state index is 11.7. The average molecular weight is 261 g/mol. The van der Waals surface area contributed by atoms with Crippen LogP contribution in [-0.4, -0.2) is 32.0 Å². The van der Waals surface area contributed by atoms with Gasteiger partial charge in [-0.2, -0.15) is 0 Å². The predicted octanol–water partition coefficient (Wildman–Crippen LogP) is 0.449. The van der Waals surface area contributed by atoms with E-state index in [-0.39, 0.29) is 24.9 Å². The summed E-state index contributed by atoms with van der Waals surface area (Å²) in [5.41, 5.74) is 3.54. The second kappa shape index (κ2) is 6.33. The summed E-state index contributed by atoms with van der Waals surface area (Å²) in [6.07, 6.45) is 3.42. The van der Waals surface area contributed by atoms with Crippen molar-refractivity contribution < 1.29 is 9.59 Å². The van der Waals surface area contributed by atoms with Crippen molar-refractivity contribution in [3.8, 4) is 0 Å². The van der Waals surface area contributed by atoms with Crippen LogP contribution in [0.3, 0.4) is 0 Å². The Bertz CT molecular complexity index is 486. The van der Waals surface area contributed by atoms with Crippen LogP contribution in [0.2, 0.25) is 0 Å². The van der Waals surface area contributed by atoms with Gasteiger partial charge in [0.05, 0.1) is 13.1 Å². The highest BCUT2D eigenvalue weighted by Crippen LogP contribution is 2.24. The molecule has 19 heavy (non-hydrogen) atoms. The molecule has 0 saturated carbocycles. The summed E-state index contributed by atoms with van der Waals surface area (Å²) in [7, 11) is 1.56. The van der Waals surface area contributed by atoms with Gasteiger partial charge in [0.2, 0.25) is 11.8 Å². The molecule has 1 aromatic rings. The Morgan fingerprint density at radius 2 is 1.84 bits per heavy atom. The fraction of sp³-hybridized carbons (Fsp3) is 0.429. The van der Waals surface area contributed by atoms with Crippen LogP contribution in [0.15, 0.2) is 18.2 Å². The lowest BCUT2D eigenvalue weighted by atomic mass is 10.1. The van der Waals surface area contributed by atoms with Gasteiger partial charge in [0.15, 0.2) is 0 Å². The SMILES string of the molecule is CNC(=O)CNCC(=O)Nc1ccc2c(c1)CCC2. The third-order valence-corrected chi connectivity index (χ3v) is 3.23. The van der Waals surface area contributed by atoms with Gasteiger partial charge in [-0.3, -0.25) is 14.9 Å². The van der Waals surface area contributed by atoms with Crippen LogP contribution in [0.5, 0.6) is 0 Å². The van der Waals surface area contributed by atoms with Crippen LogP contribution in [0.1, 0.15) is 17.5 Å². The lowest BCUT2D eigenvalue weighted by molar-refractivity contribution is -0.119. The third-order valence-electron chi connectivity index (χ3n) is 3.23. The summed E-state index contributed by atoms with van der Waals surface area (Å²) in [6.45, 7) is 0.276. The maximum Gasteiger partial charge on any atom is 0.238 e. The van der Waals surface area contributed by atoms with E-state index in [1.165, 1.54) is 17.5 Å². The number of benzene rings is 1. The monoisotopic (exact) mass is 261 g/mol. The van der Waals surface area contributed by atoms with E-state index in [1.807, 2.05) is 12.1 Å². The van der Waals surface area contributed by atoms with Crippen LogP contribution in [0, 0.1) is 0 Å². The molecule has 5 heteroatoms. The number of likely N-dealkylation sites (N-methyl/N-ethyl adjacent to an activating group) is 1. The van der Waals surface area contributed by atoms with Crippen molar-refractivity contribution in [2.75, 3.05) is 25.5 Å². The van der Waals surface area contributed by atoms with Crippen molar-refractivity contribution in [2.24, 2.45) is 0 Å². The molecule has 0 fully saturated rings. The summed E-state index contributed by atoms with van der Waals surface area (Å²) in [5.74, 6) is -0.271. The van der Waals surface area contributed by atoms with Crippen molar-refractivity contribution in [3.63, 3.8) is 0 Å². The van der Waals surface area contributed by atoms with E-state index >= 15 is 0 Å². The molecule has 3 N–H and O–H groups in total. The standard InChI is InChI=1S/C14H19N3O2/c1-15-13(18)8-16-9-14(19)17-12-6-5-10-3-2-4-11(10)7-12/h5-7,16H,2-4,8-9H2,1H3,(H,15,18)(H,17,19). The van der Waals surface area contributed by atoms with Gasteiger partial charge in [-0.1, -0.05) is 6.07 Å². The van der Waals surface area contributed by atoms with E-state index in [1.54, 1.807) is 7.05 Å². The van der Waals surface area contributed by atoms with Gasteiger partial charge in [0, 0.05) is 12.7 Å². The second-order valence-electron chi connectivity index (χ2n) is 4.66. The molecule has 1 aliphatic carbocycles. The van der Waals surface area contributed by atoms with Gasteiger partial charge >= 0.3 is 0 Å². The maximum atomic E-state index is 11.7. The quantitative estimate of drug-likeness (QED) is 0.720. The molecule has 0 unspecified atom stereocenters. The van der Waals surface area contributed by atoms with Crippen molar-refractivity contribution in [1.29, 1.82) is 0 Å². The van der Waals surface area contributed by atoms with Gasteiger partial charge in [-0.25, -0.2) is 0 Å². The fourth-order valence-electron chi connectivity index (χ4n) is 2.23. The van der Waals surface area contributed by atoms with Gasteiger partial charge in [0.25, 0.3) is 0 Å². The molecule has 0 aromatic heterocycles. The number of nitrogens with one attached hydrogen (secondary N) is 3. The van der Waals surface area contributed by atoms with Gasteiger partial charge in [0.1, 0.15) is 0 Å². The Kier molecular flexibility index (Phi) is 4.52. The summed E-state index contributed by atoms with van der Waals surface area (Å²) in [6, 6.07) is 6.05. The zero-order chi connectivity index (χ0) is 13.7. The number of amides is 2. The zero-order valence-electron chi connectivity index (χ0n) is 11.1. The molecule has 2 amide bonds. The molecule has 0 heterocycles. The molecule has 0 spiro atoms. The number of carbonyl (C=O) groups excluding carboxylic acids is 2. The molecule has 1 aromatic carbocycles. The van der Waals surface area contributed by atoms with Gasteiger partial charge in [-0.05, 0) is 42.5 Å². The molecule has 1 aliphatic rings. The Balaban J connectivity index is 1.80. The lowest BCUT2D eigenvalue weighted by Crippen LogP contribution is -2.36. The van der Waals surface area contributed by atoms with Crippen molar-refractivity contribution in [2.45, 2.75) is 19.3 Å². The highest BCUT2D eigenvalue weighted by Gasteiger charge is 2.11. The Morgan fingerprint density at radius 3 is 2.63 bits per heavy atom. The Labute approximate surface area is 112 Å². The minimum Gasteiger partial charge on any atom is -0.358 e. The predicted molar refractivity (Wildman–Crippen MR) is 74.0 cm³/mol. The molecule has 0 aliphatic heterocycles. The first kappa shape index (κ1) is 13.5. The molecular formula is C14H19N3O2. The van der Waals surface area contributed by atoms with Crippen molar-refractivity contribution >= 4 is 17.5 Å².